The van der Waals surface area contributed by atoms with Crippen LogP contribution < -0.4 is 20.3 Å². The Morgan fingerprint density at radius 2 is 2.32 bits per heavy atom. The van der Waals surface area contributed by atoms with E-state index in [-0.39, 0.29) is 5.91 Å². The number of nitrogens with zero attached hydrogens (tertiary/aromatic N) is 1. The first kappa shape index (κ1) is 16.3. The maximum atomic E-state index is 12.1. The van der Waals surface area contributed by atoms with E-state index in [1.165, 1.54) is 0 Å². The molecule has 1 aromatic rings. The molecule has 0 atom stereocenters. The van der Waals surface area contributed by atoms with E-state index in [0.29, 0.717) is 23.8 Å². The number of anilines is 2. The standard InChI is InChI=1S/C16H21N3O2S/c1-3-9-17-16(22)18-12-7-8-14(21-2)13(11-12)19-10-5-4-6-15(19)20/h3,7-8,11H,1,4-6,9-10H2,2H3,(H2,17,18,22). The quantitative estimate of drug-likeness (QED) is 0.645. The smallest absolute Gasteiger partial charge is 0.227 e. The average Bonchev–Trinajstić information content (AvgIpc) is 2.53. The molecule has 0 spiro atoms. The van der Waals surface area contributed by atoms with Gasteiger partial charge in [-0.2, -0.15) is 0 Å². The number of rotatable bonds is 5. The minimum absolute atomic E-state index is 0.133. The van der Waals surface area contributed by atoms with Crippen LogP contribution >= 0.6 is 12.2 Å². The van der Waals surface area contributed by atoms with Gasteiger partial charge in [-0.05, 0) is 43.3 Å². The maximum absolute atomic E-state index is 12.1. The molecule has 1 amide bonds. The second-order valence-electron chi connectivity index (χ2n) is 5.01. The molecule has 0 unspecified atom stereocenters. The number of piperidine rings is 1. The van der Waals surface area contributed by atoms with Crippen LogP contribution in [0.15, 0.2) is 30.9 Å². The van der Waals surface area contributed by atoms with E-state index in [1.807, 2.05) is 18.2 Å². The number of hydrogen-bond donors (Lipinski definition) is 2. The molecule has 0 radical (unpaired) electrons. The van der Waals surface area contributed by atoms with Gasteiger partial charge in [-0.3, -0.25) is 4.79 Å². The Balaban J connectivity index is 2.20. The summed E-state index contributed by atoms with van der Waals surface area (Å²) in [7, 11) is 1.61. The van der Waals surface area contributed by atoms with E-state index >= 15 is 0 Å². The summed E-state index contributed by atoms with van der Waals surface area (Å²) < 4.78 is 5.39. The van der Waals surface area contributed by atoms with Gasteiger partial charge in [-0.1, -0.05) is 6.08 Å². The fraction of sp³-hybridized carbons (Fsp3) is 0.375. The number of nitrogens with one attached hydrogen (secondary N) is 2. The third kappa shape index (κ3) is 3.98. The van der Waals surface area contributed by atoms with Crippen molar-refractivity contribution >= 4 is 34.6 Å². The highest BCUT2D eigenvalue weighted by atomic mass is 32.1. The van der Waals surface area contributed by atoms with Crippen LogP contribution in [-0.2, 0) is 4.79 Å². The lowest BCUT2D eigenvalue weighted by atomic mass is 10.1. The summed E-state index contributed by atoms with van der Waals surface area (Å²) in [5, 5.41) is 6.62. The topological polar surface area (TPSA) is 53.6 Å². The van der Waals surface area contributed by atoms with Crippen LogP contribution in [0, 0.1) is 0 Å². The molecule has 1 aliphatic rings. The predicted molar refractivity (Wildman–Crippen MR) is 93.6 cm³/mol. The number of amides is 1. The van der Waals surface area contributed by atoms with Crippen molar-refractivity contribution in [1.82, 2.24) is 5.32 Å². The number of hydrogen-bond acceptors (Lipinski definition) is 3. The summed E-state index contributed by atoms with van der Waals surface area (Å²) >= 11 is 5.20. The second kappa shape index (κ2) is 7.79. The largest absolute Gasteiger partial charge is 0.495 e. The molecular formula is C16H21N3O2S. The number of carbonyl (C=O) groups is 1. The molecule has 2 N–H and O–H groups in total. The fourth-order valence-corrected chi connectivity index (χ4v) is 2.58. The average molecular weight is 319 g/mol. The molecule has 5 nitrogen and oxygen atoms in total. The zero-order chi connectivity index (χ0) is 15.9. The minimum Gasteiger partial charge on any atom is -0.495 e. The first-order chi connectivity index (χ1) is 10.7. The highest BCUT2D eigenvalue weighted by molar-refractivity contribution is 7.80. The summed E-state index contributed by atoms with van der Waals surface area (Å²) in [6.45, 7) is 4.95. The number of ether oxygens (including phenoxy) is 1. The van der Waals surface area contributed by atoms with Crippen LogP contribution in [0.4, 0.5) is 11.4 Å². The normalized spacial score (nSPS) is 14.4. The lowest BCUT2D eigenvalue weighted by Gasteiger charge is -2.28. The minimum atomic E-state index is 0.133. The Kier molecular flexibility index (Phi) is 5.77. The van der Waals surface area contributed by atoms with Crippen molar-refractivity contribution in [2.24, 2.45) is 0 Å². The Bertz CT molecular complexity index is 575. The lowest BCUT2D eigenvalue weighted by molar-refractivity contribution is -0.119. The summed E-state index contributed by atoms with van der Waals surface area (Å²) in [5.74, 6) is 0.819. The molecule has 0 aliphatic carbocycles. The summed E-state index contributed by atoms with van der Waals surface area (Å²) in [6.07, 6.45) is 4.27. The molecule has 1 fully saturated rings. The molecule has 1 aliphatic heterocycles. The molecule has 118 valence electrons. The predicted octanol–water partition coefficient (Wildman–Crippen LogP) is 2.68. The zero-order valence-corrected chi connectivity index (χ0v) is 13.5. The zero-order valence-electron chi connectivity index (χ0n) is 12.7. The number of methoxy groups -OCH3 is 1. The van der Waals surface area contributed by atoms with Crippen LogP contribution in [-0.4, -0.2) is 31.2 Å². The highest BCUT2D eigenvalue weighted by Gasteiger charge is 2.22. The fourth-order valence-electron chi connectivity index (χ4n) is 2.38. The van der Waals surface area contributed by atoms with Crippen LogP contribution in [0.25, 0.3) is 0 Å². The van der Waals surface area contributed by atoms with Gasteiger partial charge in [0.2, 0.25) is 5.91 Å². The van der Waals surface area contributed by atoms with Gasteiger partial charge in [0.05, 0.1) is 12.8 Å². The molecule has 1 aromatic carbocycles. The molecule has 0 bridgehead atoms. The van der Waals surface area contributed by atoms with Crippen molar-refractivity contribution < 1.29 is 9.53 Å². The summed E-state index contributed by atoms with van der Waals surface area (Å²) in [5.41, 5.74) is 1.60. The van der Waals surface area contributed by atoms with Gasteiger partial charge in [0, 0.05) is 25.2 Å². The van der Waals surface area contributed by atoms with Crippen LogP contribution in [0.1, 0.15) is 19.3 Å². The van der Waals surface area contributed by atoms with E-state index in [0.717, 1.165) is 30.8 Å². The van der Waals surface area contributed by atoms with Crippen LogP contribution in [0.5, 0.6) is 5.75 Å². The Morgan fingerprint density at radius 1 is 1.50 bits per heavy atom. The van der Waals surface area contributed by atoms with Crippen molar-refractivity contribution in [3.63, 3.8) is 0 Å². The summed E-state index contributed by atoms with van der Waals surface area (Å²) in [4.78, 5) is 13.9. The first-order valence-corrected chi connectivity index (χ1v) is 7.70. The number of carbonyl (C=O) groups excluding carboxylic acids is 1. The van der Waals surface area contributed by atoms with Gasteiger partial charge in [0.25, 0.3) is 0 Å². The van der Waals surface area contributed by atoms with Crippen molar-refractivity contribution in [3.05, 3.63) is 30.9 Å². The Hall–Kier alpha value is -2.08. The van der Waals surface area contributed by atoms with Gasteiger partial charge >= 0.3 is 0 Å². The molecule has 1 saturated heterocycles. The van der Waals surface area contributed by atoms with E-state index in [9.17, 15) is 4.79 Å². The number of thiocarbonyl (C=S) groups is 1. The third-order valence-electron chi connectivity index (χ3n) is 3.46. The Labute approximate surface area is 136 Å². The molecule has 0 aromatic heterocycles. The molecule has 2 rings (SSSR count). The summed E-state index contributed by atoms with van der Waals surface area (Å²) in [6, 6.07) is 5.61. The van der Waals surface area contributed by atoms with Crippen LogP contribution in [0.2, 0.25) is 0 Å². The monoisotopic (exact) mass is 319 g/mol. The van der Waals surface area contributed by atoms with E-state index in [2.05, 4.69) is 17.2 Å². The van der Waals surface area contributed by atoms with Gasteiger partial charge in [0.1, 0.15) is 5.75 Å². The van der Waals surface area contributed by atoms with Gasteiger partial charge in [0.15, 0.2) is 5.11 Å². The molecule has 22 heavy (non-hydrogen) atoms. The highest BCUT2D eigenvalue weighted by Crippen LogP contribution is 2.33. The lowest BCUT2D eigenvalue weighted by Crippen LogP contribution is -2.35. The number of benzene rings is 1. The van der Waals surface area contributed by atoms with Gasteiger partial charge < -0.3 is 20.3 Å². The van der Waals surface area contributed by atoms with E-state index in [4.69, 9.17) is 17.0 Å². The maximum Gasteiger partial charge on any atom is 0.227 e. The second-order valence-corrected chi connectivity index (χ2v) is 5.42. The van der Waals surface area contributed by atoms with Crippen molar-refractivity contribution in [2.45, 2.75) is 19.3 Å². The van der Waals surface area contributed by atoms with Crippen molar-refractivity contribution in [2.75, 3.05) is 30.4 Å². The van der Waals surface area contributed by atoms with Crippen molar-refractivity contribution in [3.8, 4) is 5.75 Å². The molecule has 1 heterocycles. The van der Waals surface area contributed by atoms with Crippen molar-refractivity contribution in [1.29, 1.82) is 0 Å². The van der Waals surface area contributed by atoms with E-state index < -0.39 is 0 Å². The third-order valence-corrected chi connectivity index (χ3v) is 3.70. The molecule has 0 saturated carbocycles. The van der Waals surface area contributed by atoms with Gasteiger partial charge in [-0.15, -0.1) is 6.58 Å². The van der Waals surface area contributed by atoms with Crippen LogP contribution in [0.3, 0.4) is 0 Å². The molecule has 6 heteroatoms. The SMILES string of the molecule is C=CCNC(=S)Nc1ccc(OC)c(N2CCCCC2=O)c1. The first-order valence-electron chi connectivity index (χ1n) is 7.30. The van der Waals surface area contributed by atoms with E-state index in [1.54, 1.807) is 18.1 Å². The Morgan fingerprint density at radius 3 is 3.00 bits per heavy atom. The molecular weight excluding hydrogens is 298 g/mol. The van der Waals surface area contributed by atoms with Gasteiger partial charge in [-0.25, -0.2) is 0 Å².